The predicted molar refractivity (Wildman–Crippen MR) is 98.3 cm³/mol. The Balaban J connectivity index is 1.37. The molecule has 0 aliphatic rings. The smallest absolute Gasteiger partial charge is 0.272 e. The van der Waals surface area contributed by atoms with Gasteiger partial charge in [0.2, 0.25) is 0 Å². The van der Waals surface area contributed by atoms with Crippen molar-refractivity contribution in [2.24, 2.45) is 0 Å². The second-order valence-corrected chi connectivity index (χ2v) is 6.71. The zero-order chi connectivity index (χ0) is 17.9. The number of aromatic amines is 1. The van der Waals surface area contributed by atoms with E-state index < -0.39 is 0 Å². The number of imidazole rings is 1. The first kappa shape index (κ1) is 16.3. The zero-order valence-electron chi connectivity index (χ0n) is 14.0. The summed E-state index contributed by atoms with van der Waals surface area (Å²) in [4.78, 5) is 17.8. The Morgan fingerprint density at radius 2 is 2.23 bits per heavy atom. The standard InChI is InChI=1S/C18H17N5O2S/c1-12(16-10-23-7-8-26-18(23)20-16)19-17(24)15-9-13(21-22-15)11-25-14-5-3-2-4-6-14/h2-10,12H,11H2,1H3,(H,19,24)(H,21,22). The number of benzene rings is 1. The molecule has 0 bridgehead atoms. The molecule has 2 N–H and O–H groups in total. The van der Waals surface area contributed by atoms with Crippen LogP contribution in [0.2, 0.25) is 0 Å². The maximum atomic E-state index is 12.4. The number of amides is 1. The second-order valence-electron chi connectivity index (χ2n) is 5.83. The number of aromatic nitrogens is 4. The van der Waals surface area contributed by atoms with Crippen LogP contribution >= 0.6 is 11.3 Å². The molecule has 0 saturated heterocycles. The third-order valence-electron chi connectivity index (χ3n) is 3.90. The van der Waals surface area contributed by atoms with Gasteiger partial charge >= 0.3 is 0 Å². The van der Waals surface area contributed by atoms with Gasteiger partial charge in [0.15, 0.2) is 4.96 Å². The van der Waals surface area contributed by atoms with Crippen LogP contribution in [0.25, 0.3) is 4.96 Å². The van der Waals surface area contributed by atoms with E-state index in [0.29, 0.717) is 12.3 Å². The van der Waals surface area contributed by atoms with Crippen molar-refractivity contribution in [2.75, 3.05) is 0 Å². The molecule has 1 amide bonds. The third-order valence-corrected chi connectivity index (χ3v) is 4.67. The summed E-state index contributed by atoms with van der Waals surface area (Å²) in [5.41, 5.74) is 1.87. The fourth-order valence-corrected chi connectivity index (χ4v) is 3.24. The Morgan fingerprint density at radius 3 is 3.04 bits per heavy atom. The van der Waals surface area contributed by atoms with Crippen molar-refractivity contribution in [3.63, 3.8) is 0 Å². The number of nitrogens with one attached hydrogen (secondary N) is 2. The van der Waals surface area contributed by atoms with Crippen LogP contribution in [-0.2, 0) is 6.61 Å². The molecule has 0 saturated carbocycles. The number of H-pyrrole nitrogens is 1. The summed E-state index contributed by atoms with van der Waals surface area (Å²) in [7, 11) is 0. The number of carbonyl (C=O) groups excluding carboxylic acids is 1. The molecule has 0 aliphatic carbocycles. The monoisotopic (exact) mass is 367 g/mol. The summed E-state index contributed by atoms with van der Waals surface area (Å²) >= 11 is 1.56. The molecule has 8 heteroatoms. The van der Waals surface area contributed by atoms with Gasteiger partial charge in [0.25, 0.3) is 5.91 Å². The average molecular weight is 367 g/mol. The van der Waals surface area contributed by atoms with E-state index in [1.807, 2.05) is 59.4 Å². The number of hydrogen-bond acceptors (Lipinski definition) is 5. The minimum absolute atomic E-state index is 0.213. The van der Waals surface area contributed by atoms with Crippen LogP contribution in [-0.4, -0.2) is 25.5 Å². The maximum Gasteiger partial charge on any atom is 0.272 e. The predicted octanol–water partition coefficient (Wildman–Crippen LogP) is 3.19. The molecule has 1 aromatic carbocycles. The van der Waals surface area contributed by atoms with Crippen LogP contribution in [0.3, 0.4) is 0 Å². The third kappa shape index (κ3) is 3.45. The minimum Gasteiger partial charge on any atom is -0.487 e. The van der Waals surface area contributed by atoms with Gasteiger partial charge in [-0.3, -0.25) is 14.3 Å². The van der Waals surface area contributed by atoms with Crippen LogP contribution in [0.5, 0.6) is 5.75 Å². The average Bonchev–Trinajstić information content (AvgIpc) is 3.36. The van der Waals surface area contributed by atoms with Crippen molar-refractivity contribution in [3.05, 3.63) is 71.3 Å². The van der Waals surface area contributed by atoms with Gasteiger partial charge in [-0.1, -0.05) is 18.2 Å². The number of fused-ring (bicyclic) bond motifs is 1. The highest BCUT2D eigenvalue weighted by Gasteiger charge is 2.17. The molecule has 1 atom stereocenters. The van der Waals surface area contributed by atoms with E-state index in [1.54, 1.807) is 17.4 Å². The van der Waals surface area contributed by atoms with Crippen molar-refractivity contribution < 1.29 is 9.53 Å². The highest BCUT2D eigenvalue weighted by Crippen LogP contribution is 2.17. The molecule has 1 unspecified atom stereocenters. The van der Waals surface area contributed by atoms with Crippen LogP contribution in [0, 0.1) is 0 Å². The van der Waals surface area contributed by atoms with Gasteiger partial charge in [-0.2, -0.15) is 5.10 Å². The highest BCUT2D eigenvalue weighted by molar-refractivity contribution is 7.15. The Labute approximate surface area is 153 Å². The normalized spacial score (nSPS) is 12.2. The molecular weight excluding hydrogens is 350 g/mol. The molecule has 4 rings (SSSR count). The molecule has 0 fully saturated rings. The van der Waals surface area contributed by atoms with E-state index in [0.717, 1.165) is 22.1 Å². The van der Waals surface area contributed by atoms with Crippen LogP contribution in [0.15, 0.2) is 54.2 Å². The summed E-state index contributed by atoms with van der Waals surface area (Å²) in [5, 5.41) is 11.8. The van der Waals surface area contributed by atoms with E-state index >= 15 is 0 Å². The van der Waals surface area contributed by atoms with Crippen molar-refractivity contribution in [2.45, 2.75) is 19.6 Å². The molecule has 4 aromatic rings. The summed E-state index contributed by atoms with van der Waals surface area (Å²) in [5.74, 6) is 0.512. The van der Waals surface area contributed by atoms with Gasteiger partial charge in [0.05, 0.1) is 17.4 Å². The molecule has 0 spiro atoms. The molecule has 3 heterocycles. The molecule has 3 aromatic heterocycles. The number of ether oxygens (including phenoxy) is 1. The SMILES string of the molecule is CC(NC(=O)c1cc(COc2ccccc2)[nH]n1)c1cn2ccsc2n1. The van der Waals surface area contributed by atoms with Gasteiger partial charge in [-0.15, -0.1) is 11.3 Å². The topological polar surface area (TPSA) is 84.3 Å². The van der Waals surface area contributed by atoms with Gasteiger partial charge < -0.3 is 10.1 Å². The summed E-state index contributed by atoms with van der Waals surface area (Å²) in [6, 6.07) is 11.0. The first-order valence-electron chi connectivity index (χ1n) is 8.14. The number of hydrogen-bond donors (Lipinski definition) is 2. The van der Waals surface area contributed by atoms with Gasteiger partial charge in [-0.05, 0) is 25.1 Å². The van der Waals surface area contributed by atoms with Gasteiger partial charge in [-0.25, -0.2) is 4.98 Å². The Kier molecular flexibility index (Phi) is 4.40. The van der Waals surface area contributed by atoms with E-state index in [1.165, 1.54) is 0 Å². The maximum absolute atomic E-state index is 12.4. The number of rotatable bonds is 6. The van der Waals surface area contributed by atoms with Crippen molar-refractivity contribution in [1.82, 2.24) is 24.9 Å². The minimum atomic E-state index is -0.254. The van der Waals surface area contributed by atoms with Gasteiger partial charge in [0.1, 0.15) is 18.1 Å². The fraction of sp³-hybridized carbons (Fsp3) is 0.167. The van der Waals surface area contributed by atoms with E-state index in [-0.39, 0.29) is 11.9 Å². The van der Waals surface area contributed by atoms with E-state index in [2.05, 4.69) is 20.5 Å². The Bertz CT molecular complexity index is 992. The lowest BCUT2D eigenvalue weighted by molar-refractivity contribution is 0.0934. The van der Waals surface area contributed by atoms with Crippen LogP contribution in [0.4, 0.5) is 0 Å². The quantitative estimate of drug-likeness (QED) is 0.548. The number of carbonyl (C=O) groups is 1. The van der Waals surface area contributed by atoms with Crippen LogP contribution in [0.1, 0.15) is 34.8 Å². The van der Waals surface area contributed by atoms with Crippen molar-refractivity contribution >= 4 is 22.2 Å². The number of para-hydroxylation sites is 1. The summed E-state index contributed by atoms with van der Waals surface area (Å²) in [6.07, 6.45) is 3.86. The van der Waals surface area contributed by atoms with Gasteiger partial charge in [0, 0.05) is 17.8 Å². The fourth-order valence-electron chi connectivity index (χ4n) is 2.53. The largest absolute Gasteiger partial charge is 0.487 e. The molecule has 0 radical (unpaired) electrons. The lowest BCUT2D eigenvalue weighted by Crippen LogP contribution is -2.27. The first-order valence-corrected chi connectivity index (χ1v) is 9.02. The molecular formula is C18H17N5O2S. The van der Waals surface area contributed by atoms with Crippen molar-refractivity contribution in [3.8, 4) is 5.75 Å². The van der Waals surface area contributed by atoms with E-state index in [9.17, 15) is 4.79 Å². The Morgan fingerprint density at radius 1 is 1.38 bits per heavy atom. The van der Waals surface area contributed by atoms with E-state index in [4.69, 9.17) is 4.74 Å². The molecule has 26 heavy (non-hydrogen) atoms. The van der Waals surface area contributed by atoms with Crippen LogP contribution < -0.4 is 10.1 Å². The van der Waals surface area contributed by atoms with Crippen molar-refractivity contribution in [1.29, 1.82) is 0 Å². The first-order chi connectivity index (χ1) is 12.7. The summed E-state index contributed by atoms with van der Waals surface area (Å²) in [6.45, 7) is 2.22. The number of thiazole rings is 1. The lowest BCUT2D eigenvalue weighted by Gasteiger charge is -2.09. The molecule has 0 aliphatic heterocycles. The highest BCUT2D eigenvalue weighted by atomic mass is 32.1. The Hall–Kier alpha value is -3.13. The summed E-state index contributed by atoms with van der Waals surface area (Å²) < 4.78 is 7.59. The zero-order valence-corrected chi connectivity index (χ0v) is 14.9. The second kappa shape index (κ2) is 7.01. The lowest BCUT2D eigenvalue weighted by atomic mass is 10.2. The molecule has 7 nitrogen and oxygen atoms in total. The number of nitrogens with zero attached hydrogens (tertiary/aromatic N) is 3. The molecule has 132 valence electrons.